The zero-order valence-corrected chi connectivity index (χ0v) is 8.51. The van der Waals surface area contributed by atoms with E-state index in [1.165, 1.54) is 6.07 Å². The molecule has 0 spiro atoms. The molecule has 1 aromatic carbocycles. The Kier molecular flexibility index (Phi) is 2.73. The van der Waals surface area contributed by atoms with Crippen molar-refractivity contribution >= 4 is 10.0 Å². The van der Waals surface area contributed by atoms with E-state index in [9.17, 15) is 8.42 Å². The molecule has 4 heteroatoms. The van der Waals surface area contributed by atoms with Crippen LogP contribution >= 0.6 is 0 Å². The Hall–Kier alpha value is -0.870. The molecule has 0 aliphatic carbocycles. The van der Waals surface area contributed by atoms with Crippen LogP contribution in [0.25, 0.3) is 0 Å². The zero-order valence-electron chi connectivity index (χ0n) is 7.69. The molecule has 0 unspecified atom stereocenters. The molecule has 0 fully saturated rings. The lowest BCUT2D eigenvalue weighted by atomic mass is 10.0. The van der Waals surface area contributed by atoms with Gasteiger partial charge in [0.1, 0.15) is 0 Å². The molecule has 0 saturated heterocycles. The second kappa shape index (κ2) is 3.47. The van der Waals surface area contributed by atoms with Crippen molar-refractivity contribution < 1.29 is 8.42 Å². The minimum atomic E-state index is -3.56. The summed E-state index contributed by atoms with van der Waals surface area (Å²) in [7, 11) is -3.56. The molecule has 0 aliphatic heterocycles. The number of hydrogen-bond donors (Lipinski definition) is 1. The summed E-state index contributed by atoms with van der Waals surface area (Å²) in [5.41, 5.74) is 0.978. The van der Waals surface area contributed by atoms with Crippen LogP contribution in [-0.4, -0.2) is 8.42 Å². The molecule has 1 aromatic rings. The molecule has 0 bridgehead atoms. The van der Waals surface area contributed by atoms with E-state index in [0.717, 1.165) is 5.56 Å². The van der Waals surface area contributed by atoms with Gasteiger partial charge in [0.15, 0.2) is 0 Å². The van der Waals surface area contributed by atoms with Gasteiger partial charge in [-0.2, -0.15) is 0 Å². The molecule has 0 heterocycles. The first-order chi connectivity index (χ1) is 5.91. The molecular formula is C9H13NO2S. The SMILES string of the molecule is CC(C)c1cccc(S(N)(=O)=O)c1. The lowest BCUT2D eigenvalue weighted by molar-refractivity contribution is 0.597. The molecule has 0 saturated carbocycles. The highest BCUT2D eigenvalue weighted by Crippen LogP contribution is 2.17. The summed E-state index contributed by atoms with van der Waals surface area (Å²) in [5.74, 6) is 0.307. The van der Waals surface area contributed by atoms with E-state index < -0.39 is 10.0 Å². The van der Waals surface area contributed by atoms with Crippen LogP contribution in [0.4, 0.5) is 0 Å². The number of primary sulfonamides is 1. The van der Waals surface area contributed by atoms with Gasteiger partial charge in [-0.3, -0.25) is 0 Å². The molecule has 1 rings (SSSR count). The Morgan fingerprint density at radius 1 is 1.31 bits per heavy atom. The fraction of sp³-hybridized carbons (Fsp3) is 0.333. The number of sulfonamides is 1. The van der Waals surface area contributed by atoms with E-state index in [1.54, 1.807) is 12.1 Å². The van der Waals surface area contributed by atoms with Gasteiger partial charge in [-0.25, -0.2) is 13.6 Å². The van der Waals surface area contributed by atoms with Gasteiger partial charge in [0.05, 0.1) is 4.90 Å². The van der Waals surface area contributed by atoms with Crippen LogP contribution in [0, 0.1) is 0 Å². The van der Waals surface area contributed by atoms with Crippen LogP contribution in [-0.2, 0) is 10.0 Å². The summed E-state index contributed by atoms with van der Waals surface area (Å²) >= 11 is 0. The van der Waals surface area contributed by atoms with Crippen LogP contribution in [0.2, 0.25) is 0 Å². The molecule has 13 heavy (non-hydrogen) atoms. The normalized spacial score (nSPS) is 12.0. The summed E-state index contributed by atoms with van der Waals surface area (Å²) in [4.78, 5) is 0.179. The Balaban J connectivity index is 3.21. The van der Waals surface area contributed by atoms with E-state index in [-0.39, 0.29) is 4.90 Å². The molecule has 0 amide bonds. The van der Waals surface area contributed by atoms with E-state index in [4.69, 9.17) is 5.14 Å². The van der Waals surface area contributed by atoms with Crippen molar-refractivity contribution in [2.75, 3.05) is 0 Å². The summed E-state index contributed by atoms with van der Waals surface area (Å²) in [6, 6.07) is 6.70. The van der Waals surface area contributed by atoms with Crippen molar-refractivity contribution in [1.82, 2.24) is 0 Å². The average molecular weight is 199 g/mol. The second-order valence-electron chi connectivity index (χ2n) is 3.27. The first kappa shape index (κ1) is 10.2. The van der Waals surface area contributed by atoms with Gasteiger partial charge in [-0.1, -0.05) is 26.0 Å². The maximum atomic E-state index is 11.0. The molecule has 0 atom stereocenters. The van der Waals surface area contributed by atoms with Crippen LogP contribution in [0.15, 0.2) is 29.2 Å². The fourth-order valence-electron chi connectivity index (χ4n) is 1.05. The summed E-state index contributed by atoms with van der Waals surface area (Å²) in [6.07, 6.45) is 0. The number of nitrogens with two attached hydrogens (primary N) is 1. The van der Waals surface area contributed by atoms with Gasteiger partial charge >= 0.3 is 0 Å². The van der Waals surface area contributed by atoms with E-state index in [2.05, 4.69) is 0 Å². The van der Waals surface area contributed by atoms with Gasteiger partial charge in [0, 0.05) is 0 Å². The highest BCUT2D eigenvalue weighted by atomic mass is 32.2. The van der Waals surface area contributed by atoms with Crippen molar-refractivity contribution in [2.24, 2.45) is 5.14 Å². The standard InChI is InChI=1S/C9H13NO2S/c1-7(2)8-4-3-5-9(6-8)13(10,11)12/h3-7H,1-2H3,(H2,10,11,12). The molecule has 3 nitrogen and oxygen atoms in total. The van der Waals surface area contributed by atoms with Crippen molar-refractivity contribution in [3.8, 4) is 0 Å². The largest absolute Gasteiger partial charge is 0.238 e. The summed E-state index contributed by atoms with van der Waals surface area (Å²) in [5, 5.41) is 5.00. The maximum Gasteiger partial charge on any atom is 0.238 e. The molecule has 0 radical (unpaired) electrons. The van der Waals surface area contributed by atoms with Crippen LogP contribution in [0.5, 0.6) is 0 Å². The third kappa shape index (κ3) is 2.54. The first-order valence-corrected chi connectivity index (χ1v) is 5.58. The van der Waals surface area contributed by atoms with Crippen molar-refractivity contribution in [3.63, 3.8) is 0 Å². The molecule has 2 N–H and O–H groups in total. The minimum Gasteiger partial charge on any atom is -0.225 e. The van der Waals surface area contributed by atoms with E-state index in [1.807, 2.05) is 19.9 Å². The van der Waals surface area contributed by atoms with Gasteiger partial charge < -0.3 is 0 Å². The summed E-state index contributed by atoms with van der Waals surface area (Å²) < 4.78 is 22.0. The summed E-state index contributed by atoms with van der Waals surface area (Å²) in [6.45, 7) is 4.00. The van der Waals surface area contributed by atoms with E-state index >= 15 is 0 Å². The minimum absolute atomic E-state index is 0.179. The maximum absolute atomic E-state index is 11.0. The van der Waals surface area contributed by atoms with Gasteiger partial charge in [0.25, 0.3) is 0 Å². The quantitative estimate of drug-likeness (QED) is 0.783. The van der Waals surface area contributed by atoms with Crippen molar-refractivity contribution in [2.45, 2.75) is 24.7 Å². The number of benzene rings is 1. The van der Waals surface area contributed by atoms with Crippen LogP contribution < -0.4 is 5.14 Å². The van der Waals surface area contributed by atoms with Crippen molar-refractivity contribution in [1.29, 1.82) is 0 Å². The third-order valence-corrected chi connectivity index (χ3v) is 2.76. The Morgan fingerprint density at radius 2 is 1.92 bits per heavy atom. The topological polar surface area (TPSA) is 60.2 Å². The molecule has 0 aromatic heterocycles. The van der Waals surface area contributed by atoms with E-state index in [0.29, 0.717) is 5.92 Å². The van der Waals surface area contributed by atoms with Gasteiger partial charge in [-0.15, -0.1) is 0 Å². The first-order valence-electron chi connectivity index (χ1n) is 4.04. The van der Waals surface area contributed by atoms with Crippen LogP contribution in [0.3, 0.4) is 0 Å². The highest BCUT2D eigenvalue weighted by Gasteiger charge is 2.08. The second-order valence-corrected chi connectivity index (χ2v) is 4.83. The lowest BCUT2D eigenvalue weighted by Gasteiger charge is -2.06. The van der Waals surface area contributed by atoms with Crippen molar-refractivity contribution in [3.05, 3.63) is 29.8 Å². The number of rotatable bonds is 2. The predicted octanol–water partition coefficient (Wildman–Crippen LogP) is 1.46. The third-order valence-electron chi connectivity index (χ3n) is 1.85. The highest BCUT2D eigenvalue weighted by molar-refractivity contribution is 7.89. The Bertz CT molecular complexity index is 396. The van der Waals surface area contributed by atoms with Gasteiger partial charge in [0.2, 0.25) is 10.0 Å². The molecule has 72 valence electrons. The number of hydrogen-bond acceptors (Lipinski definition) is 2. The average Bonchev–Trinajstić information content (AvgIpc) is 2.03. The Labute approximate surface area is 78.6 Å². The lowest BCUT2D eigenvalue weighted by Crippen LogP contribution is -2.12. The van der Waals surface area contributed by atoms with Gasteiger partial charge in [-0.05, 0) is 23.6 Å². The zero-order chi connectivity index (χ0) is 10.1. The smallest absolute Gasteiger partial charge is 0.225 e. The monoisotopic (exact) mass is 199 g/mol. The fourth-order valence-corrected chi connectivity index (χ4v) is 1.62. The molecule has 0 aliphatic rings. The Morgan fingerprint density at radius 3 is 2.38 bits per heavy atom. The molecular weight excluding hydrogens is 186 g/mol. The predicted molar refractivity (Wildman–Crippen MR) is 51.9 cm³/mol. The van der Waals surface area contributed by atoms with Crippen LogP contribution in [0.1, 0.15) is 25.3 Å².